The molecule has 3 heterocycles. The van der Waals surface area contributed by atoms with Crippen LogP contribution in [0.25, 0.3) is 33.1 Å². The summed E-state index contributed by atoms with van der Waals surface area (Å²) in [5.74, 6) is -0.669. The van der Waals surface area contributed by atoms with Gasteiger partial charge in [0.15, 0.2) is 5.69 Å². The number of rotatable bonds is 2. The normalized spacial score (nSPS) is 11.1. The standard InChI is InChI=1S/C16H12N6O/c17-13-12(8-3-4-9-7-20-22-11(9)6-8)14-10(2-1-5-19-14)21-15(13)16(18)23/h1-7H,17H2,(H2,18,23)(H,20,22). The van der Waals surface area contributed by atoms with E-state index in [1.54, 1.807) is 24.5 Å². The third kappa shape index (κ3) is 1.98. The van der Waals surface area contributed by atoms with Crippen molar-refractivity contribution < 1.29 is 4.79 Å². The van der Waals surface area contributed by atoms with Crippen molar-refractivity contribution in [2.24, 2.45) is 5.73 Å². The second-order valence-corrected chi connectivity index (χ2v) is 5.16. The summed E-state index contributed by atoms with van der Waals surface area (Å²) in [7, 11) is 0. The van der Waals surface area contributed by atoms with Crippen LogP contribution in [0.1, 0.15) is 10.5 Å². The van der Waals surface area contributed by atoms with Gasteiger partial charge in [-0.25, -0.2) is 4.98 Å². The van der Waals surface area contributed by atoms with Gasteiger partial charge in [0.05, 0.1) is 28.4 Å². The number of fused-ring (bicyclic) bond motifs is 2. The average molecular weight is 304 g/mol. The number of amides is 1. The number of H-pyrrole nitrogens is 1. The molecule has 0 fully saturated rings. The Morgan fingerprint density at radius 2 is 2.09 bits per heavy atom. The smallest absolute Gasteiger partial charge is 0.269 e. The van der Waals surface area contributed by atoms with Crippen molar-refractivity contribution in [1.29, 1.82) is 0 Å². The number of benzene rings is 1. The van der Waals surface area contributed by atoms with Gasteiger partial charge >= 0.3 is 0 Å². The molecule has 0 radical (unpaired) electrons. The van der Waals surface area contributed by atoms with Gasteiger partial charge in [-0.05, 0) is 23.8 Å². The summed E-state index contributed by atoms with van der Waals surface area (Å²) in [6.45, 7) is 0. The highest BCUT2D eigenvalue weighted by Crippen LogP contribution is 2.34. The molecular formula is C16H12N6O. The van der Waals surface area contributed by atoms with Gasteiger partial charge in [-0.3, -0.25) is 14.9 Å². The van der Waals surface area contributed by atoms with E-state index in [1.165, 1.54) is 0 Å². The Balaban J connectivity index is 2.11. The first kappa shape index (κ1) is 13.2. The molecule has 0 aliphatic rings. The Hall–Kier alpha value is -3.48. The van der Waals surface area contributed by atoms with Crippen molar-refractivity contribution in [2.45, 2.75) is 0 Å². The van der Waals surface area contributed by atoms with Crippen molar-refractivity contribution in [3.63, 3.8) is 0 Å². The number of nitrogens with two attached hydrogens (primary N) is 2. The lowest BCUT2D eigenvalue weighted by Gasteiger charge is -2.12. The van der Waals surface area contributed by atoms with E-state index in [2.05, 4.69) is 20.2 Å². The maximum absolute atomic E-state index is 11.7. The molecule has 0 bridgehead atoms. The Bertz CT molecular complexity index is 1070. The number of anilines is 1. The minimum absolute atomic E-state index is 0.0465. The van der Waals surface area contributed by atoms with E-state index in [9.17, 15) is 4.79 Å². The highest BCUT2D eigenvalue weighted by molar-refractivity contribution is 6.07. The molecule has 0 saturated carbocycles. The Kier molecular flexibility index (Phi) is 2.74. The molecule has 5 N–H and O–H groups in total. The predicted molar refractivity (Wildman–Crippen MR) is 87.6 cm³/mol. The second-order valence-electron chi connectivity index (χ2n) is 5.16. The number of hydrogen-bond donors (Lipinski definition) is 3. The fourth-order valence-electron chi connectivity index (χ4n) is 2.68. The molecule has 0 aliphatic carbocycles. The maximum atomic E-state index is 11.7. The molecule has 1 aromatic carbocycles. The Morgan fingerprint density at radius 3 is 2.91 bits per heavy atom. The van der Waals surface area contributed by atoms with Crippen LogP contribution in [-0.2, 0) is 0 Å². The van der Waals surface area contributed by atoms with Gasteiger partial charge in [0, 0.05) is 17.1 Å². The zero-order valence-electron chi connectivity index (χ0n) is 11.9. The van der Waals surface area contributed by atoms with Gasteiger partial charge in [-0.15, -0.1) is 0 Å². The zero-order valence-corrected chi connectivity index (χ0v) is 11.9. The molecule has 0 saturated heterocycles. The van der Waals surface area contributed by atoms with Crippen LogP contribution < -0.4 is 11.5 Å². The number of pyridine rings is 2. The highest BCUT2D eigenvalue weighted by Gasteiger charge is 2.18. The van der Waals surface area contributed by atoms with Crippen LogP contribution in [0, 0.1) is 0 Å². The van der Waals surface area contributed by atoms with Crippen LogP contribution in [0.15, 0.2) is 42.7 Å². The monoisotopic (exact) mass is 304 g/mol. The van der Waals surface area contributed by atoms with E-state index in [1.807, 2.05) is 18.2 Å². The minimum Gasteiger partial charge on any atom is -0.396 e. The molecule has 23 heavy (non-hydrogen) atoms. The Morgan fingerprint density at radius 1 is 1.22 bits per heavy atom. The fourth-order valence-corrected chi connectivity index (χ4v) is 2.68. The van der Waals surface area contributed by atoms with E-state index < -0.39 is 5.91 Å². The number of aromatic nitrogens is 4. The third-order valence-corrected chi connectivity index (χ3v) is 3.74. The first-order valence-corrected chi connectivity index (χ1v) is 6.92. The van der Waals surface area contributed by atoms with Crippen molar-refractivity contribution in [2.75, 3.05) is 5.73 Å². The number of hydrogen-bond acceptors (Lipinski definition) is 5. The first-order chi connectivity index (χ1) is 11.1. The third-order valence-electron chi connectivity index (χ3n) is 3.74. The van der Waals surface area contributed by atoms with Crippen LogP contribution in [-0.4, -0.2) is 26.1 Å². The van der Waals surface area contributed by atoms with Crippen LogP contribution in [0.4, 0.5) is 5.69 Å². The fraction of sp³-hybridized carbons (Fsp3) is 0. The quantitative estimate of drug-likeness (QED) is 0.521. The van der Waals surface area contributed by atoms with Crippen LogP contribution in [0.5, 0.6) is 0 Å². The number of nitrogen functional groups attached to an aromatic ring is 1. The minimum atomic E-state index is -0.669. The maximum Gasteiger partial charge on any atom is 0.269 e. The van der Waals surface area contributed by atoms with Gasteiger partial charge in [0.25, 0.3) is 5.91 Å². The summed E-state index contributed by atoms with van der Waals surface area (Å²) in [5.41, 5.74) is 15.4. The lowest BCUT2D eigenvalue weighted by Crippen LogP contribution is -2.16. The van der Waals surface area contributed by atoms with Crippen molar-refractivity contribution in [3.05, 3.63) is 48.4 Å². The Labute approximate surface area is 130 Å². The number of nitrogens with zero attached hydrogens (tertiary/aromatic N) is 3. The molecule has 7 heteroatoms. The topological polar surface area (TPSA) is 124 Å². The lowest BCUT2D eigenvalue weighted by molar-refractivity contribution is 0.0997. The van der Waals surface area contributed by atoms with Gasteiger partial charge in [-0.2, -0.15) is 5.10 Å². The molecule has 4 aromatic rings. The van der Waals surface area contributed by atoms with Crippen LogP contribution in [0.3, 0.4) is 0 Å². The van der Waals surface area contributed by atoms with Crippen molar-refractivity contribution in [3.8, 4) is 11.1 Å². The molecule has 0 unspecified atom stereocenters. The van der Waals surface area contributed by atoms with Crippen LogP contribution in [0.2, 0.25) is 0 Å². The van der Waals surface area contributed by atoms with Crippen molar-refractivity contribution in [1.82, 2.24) is 20.2 Å². The number of primary amides is 1. The molecule has 1 amide bonds. The largest absolute Gasteiger partial charge is 0.396 e. The summed E-state index contributed by atoms with van der Waals surface area (Å²) < 4.78 is 0. The highest BCUT2D eigenvalue weighted by atomic mass is 16.1. The van der Waals surface area contributed by atoms with Gasteiger partial charge in [-0.1, -0.05) is 12.1 Å². The summed E-state index contributed by atoms with van der Waals surface area (Å²) in [4.78, 5) is 20.3. The van der Waals surface area contributed by atoms with Crippen molar-refractivity contribution >= 4 is 33.5 Å². The molecule has 7 nitrogen and oxygen atoms in total. The predicted octanol–water partition coefficient (Wildman–Crippen LogP) is 1.85. The van der Waals surface area contributed by atoms with E-state index in [0.29, 0.717) is 16.6 Å². The van der Waals surface area contributed by atoms with Crippen LogP contribution >= 0.6 is 0 Å². The first-order valence-electron chi connectivity index (χ1n) is 6.92. The summed E-state index contributed by atoms with van der Waals surface area (Å²) in [6, 6.07) is 9.26. The lowest BCUT2D eigenvalue weighted by atomic mass is 10.00. The van der Waals surface area contributed by atoms with Gasteiger partial charge in [0.2, 0.25) is 0 Å². The molecule has 0 aliphatic heterocycles. The van der Waals surface area contributed by atoms with E-state index in [-0.39, 0.29) is 11.4 Å². The van der Waals surface area contributed by atoms with E-state index >= 15 is 0 Å². The molecule has 112 valence electrons. The zero-order chi connectivity index (χ0) is 16.0. The number of carbonyl (C=O) groups excluding carboxylic acids is 1. The van der Waals surface area contributed by atoms with E-state index in [0.717, 1.165) is 16.5 Å². The molecule has 0 spiro atoms. The average Bonchev–Trinajstić information content (AvgIpc) is 3.01. The number of carbonyl (C=O) groups is 1. The van der Waals surface area contributed by atoms with Gasteiger partial charge < -0.3 is 11.5 Å². The summed E-state index contributed by atoms with van der Waals surface area (Å²) in [5, 5.41) is 7.90. The van der Waals surface area contributed by atoms with Gasteiger partial charge in [0.1, 0.15) is 0 Å². The summed E-state index contributed by atoms with van der Waals surface area (Å²) >= 11 is 0. The van der Waals surface area contributed by atoms with E-state index in [4.69, 9.17) is 11.5 Å². The second kappa shape index (κ2) is 4.77. The SMILES string of the molecule is NC(=O)c1nc2cccnc2c(-c2ccc3cn[nH]c3c2)c1N. The molecule has 0 atom stereocenters. The number of nitrogens with one attached hydrogen (secondary N) is 1. The molecular weight excluding hydrogens is 292 g/mol. The number of aromatic amines is 1. The molecule has 4 rings (SSSR count). The summed E-state index contributed by atoms with van der Waals surface area (Å²) in [6.07, 6.45) is 3.39. The molecule has 3 aromatic heterocycles.